The van der Waals surface area contributed by atoms with Gasteiger partial charge in [0.05, 0.1) is 19.1 Å². The molecule has 21 heavy (non-hydrogen) atoms. The van der Waals surface area contributed by atoms with Gasteiger partial charge < -0.3 is 20.7 Å². The van der Waals surface area contributed by atoms with E-state index in [9.17, 15) is 9.59 Å². The van der Waals surface area contributed by atoms with Gasteiger partial charge in [-0.15, -0.1) is 0 Å². The number of amides is 2. The minimum atomic E-state index is -0.238. The van der Waals surface area contributed by atoms with Crippen LogP contribution in [0, 0.1) is 5.92 Å². The molecule has 0 bridgehead atoms. The predicted octanol–water partition coefficient (Wildman–Crippen LogP) is 0.749. The van der Waals surface area contributed by atoms with Crippen LogP contribution in [0.5, 0.6) is 5.75 Å². The molecule has 0 spiro atoms. The van der Waals surface area contributed by atoms with E-state index in [1.807, 2.05) is 6.92 Å². The van der Waals surface area contributed by atoms with Crippen LogP contribution >= 0.6 is 0 Å². The third-order valence-corrected chi connectivity index (χ3v) is 3.30. The summed E-state index contributed by atoms with van der Waals surface area (Å²) < 4.78 is 5.33. The van der Waals surface area contributed by atoms with Crippen LogP contribution in [-0.4, -0.2) is 38.1 Å². The number of rotatable bonds is 6. The standard InChI is InChI=1S/C15H21N3O3/c1-2-21-13-5-3-12(4-6-13)18-14(19)10-17-15(20)11-7-8-16-9-11/h3-6,11,16H,2,7-10H2,1H3,(H,17,20)(H,18,19). The third kappa shape index (κ3) is 4.75. The van der Waals surface area contributed by atoms with Crippen LogP contribution in [0.25, 0.3) is 0 Å². The second-order valence-corrected chi connectivity index (χ2v) is 4.91. The summed E-state index contributed by atoms with van der Waals surface area (Å²) in [5.41, 5.74) is 0.681. The van der Waals surface area contributed by atoms with Gasteiger partial charge >= 0.3 is 0 Å². The van der Waals surface area contributed by atoms with Crippen molar-refractivity contribution in [3.8, 4) is 5.75 Å². The van der Waals surface area contributed by atoms with Gasteiger partial charge in [-0.05, 0) is 44.2 Å². The lowest BCUT2D eigenvalue weighted by atomic mass is 10.1. The average molecular weight is 291 g/mol. The van der Waals surface area contributed by atoms with Gasteiger partial charge in [0.25, 0.3) is 0 Å². The molecule has 6 heteroatoms. The highest BCUT2D eigenvalue weighted by molar-refractivity contribution is 5.94. The van der Waals surface area contributed by atoms with Gasteiger partial charge in [-0.25, -0.2) is 0 Å². The fourth-order valence-electron chi connectivity index (χ4n) is 2.20. The Morgan fingerprint density at radius 1 is 1.33 bits per heavy atom. The molecule has 2 amide bonds. The summed E-state index contributed by atoms with van der Waals surface area (Å²) in [5.74, 6) is 0.432. The van der Waals surface area contributed by atoms with Crippen molar-refractivity contribution in [3.05, 3.63) is 24.3 Å². The summed E-state index contributed by atoms with van der Waals surface area (Å²) >= 11 is 0. The summed E-state index contributed by atoms with van der Waals surface area (Å²) in [6.45, 7) is 4.05. The molecule has 6 nitrogen and oxygen atoms in total. The number of anilines is 1. The Morgan fingerprint density at radius 2 is 2.10 bits per heavy atom. The molecule has 1 aromatic rings. The Balaban J connectivity index is 1.74. The molecule has 0 aliphatic carbocycles. The first-order chi connectivity index (χ1) is 10.2. The lowest BCUT2D eigenvalue weighted by Crippen LogP contribution is -2.37. The highest BCUT2D eigenvalue weighted by Crippen LogP contribution is 2.15. The van der Waals surface area contributed by atoms with Gasteiger partial charge in [0.1, 0.15) is 5.75 Å². The van der Waals surface area contributed by atoms with E-state index in [1.54, 1.807) is 24.3 Å². The molecule has 1 saturated heterocycles. The van der Waals surface area contributed by atoms with Crippen molar-refractivity contribution in [1.82, 2.24) is 10.6 Å². The molecule has 1 atom stereocenters. The van der Waals surface area contributed by atoms with E-state index in [0.717, 1.165) is 18.7 Å². The first-order valence-electron chi connectivity index (χ1n) is 7.20. The number of hydrogen-bond acceptors (Lipinski definition) is 4. The molecular weight excluding hydrogens is 270 g/mol. The summed E-state index contributed by atoms with van der Waals surface area (Å²) in [5, 5.41) is 8.52. The van der Waals surface area contributed by atoms with Crippen molar-refractivity contribution in [3.63, 3.8) is 0 Å². The number of ether oxygens (including phenoxy) is 1. The summed E-state index contributed by atoms with van der Waals surface area (Å²) in [6, 6.07) is 7.13. The molecule has 1 unspecified atom stereocenters. The van der Waals surface area contributed by atoms with Crippen LogP contribution in [0.1, 0.15) is 13.3 Å². The van der Waals surface area contributed by atoms with Crippen molar-refractivity contribution in [1.29, 1.82) is 0 Å². The maximum Gasteiger partial charge on any atom is 0.243 e. The number of carbonyl (C=O) groups excluding carboxylic acids is 2. The SMILES string of the molecule is CCOc1ccc(NC(=O)CNC(=O)C2CCNC2)cc1. The lowest BCUT2D eigenvalue weighted by Gasteiger charge is -2.10. The smallest absolute Gasteiger partial charge is 0.243 e. The Kier molecular flexibility index (Phi) is 5.57. The molecule has 1 aromatic carbocycles. The van der Waals surface area contributed by atoms with E-state index in [4.69, 9.17) is 4.74 Å². The van der Waals surface area contributed by atoms with Crippen molar-refractivity contribution in [2.24, 2.45) is 5.92 Å². The normalized spacial score (nSPS) is 17.3. The molecule has 1 fully saturated rings. The van der Waals surface area contributed by atoms with E-state index in [-0.39, 0.29) is 24.3 Å². The summed E-state index contributed by atoms with van der Waals surface area (Å²) in [6.07, 6.45) is 0.826. The summed E-state index contributed by atoms with van der Waals surface area (Å²) in [7, 11) is 0. The van der Waals surface area contributed by atoms with Gasteiger partial charge in [-0.3, -0.25) is 9.59 Å². The average Bonchev–Trinajstić information content (AvgIpc) is 3.01. The molecule has 3 N–H and O–H groups in total. The van der Waals surface area contributed by atoms with Crippen molar-refractivity contribution >= 4 is 17.5 Å². The molecule has 0 radical (unpaired) electrons. The molecule has 114 valence electrons. The monoisotopic (exact) mass is 291 g/mol. The summed E-state index contributed by atoms with van der Waals surface area (Å²) in [4.78, 5) is 23.5. The largest absolute Gasteiger partial charge is 0.494 e. The fraction of sp³-hybridized carbons (Fsp3) is 0.467. The minimum absolute atomic E-state index is 0.0114. The zero-order chi connectivity index (χ0) is 15.1. The maximum absolute atomic E-state index is 11.8. The van der Waals surface area contributed by atoms with E-state index in [0.29, 0.717) is 18.8 Å². The van der Waals surface area contributed by atoms with Crippen LogP contribution in [0.2, 0.25) is 0 Å². The van der Waals surface area contributed by atoms with Crippen LogP contribution in [-0.2, 0) is 9.59 Å². The molecular formula is C15H21N3O3. The van der Waals surface area contributed by atoms with E-state index in [2.05, 4.69) is 16.0 Å². The zero-order valence-corrected chi connectivity index (χ0v) is 12.1. The van der Waals surface area contributed by atoms with E-state index < -0.39 is 0 Å². The number of benzene rings is 1. The first-order valence-corrected chi connectivity index (χ1v) is 7.20. The molecule has 2 rings (SSSR count). The maximum atomic E-state index is 11.8. The quantitative estimate of drug-likeness (QED) is 0.722. The van der Waals surface area contributed by atoms with Gasteiger partial charge in [0, 0.05) is 12.2 Å². The molecule has 0 saturated carbocycles. The predicted molar refractivity (Wildman–Crippen MR) is 80.2 cm³/mol. The van der Waals surface area contributed by atoms with Crippen LogP contribution in [0.3, 0.4) is 0 Å². The molecule has 1 aliphatic heterocycles. The lowest BCUT2D eigenvalue weighted by molar-refractivity contribution is -0.126. The van der Waals surface area contributed by atoms with E-state index >= 15 is 0 Å². The van der Waals surface area contributed by atoms with E-state index in [1.165, 1.54) is 0 Å². The number of nitrogens with one attached hydrogen (secondary N) is 3. The van der Waals surface area contributed by atoms with Crippen LogP contribution in [0.15, 0.2) is 24.3 Å². The van der Waals surface area contributed by atoms with Crippen molar-refractivity contribution in [2.45, 2.75) is 13.3 Å². The van der Waals surface area contributed by atoms with Gasteiger partial charge in [0.15, 0.2) is 0 Å². The highest BCUT2D eigenvalue weighted by atomic mass is 16.5. The Hall–Kier alpha value is -2.08. The second-order valence-electron chi connectivity index (χ2n) is 4.91. The molecule has 0 aromatic heterocycles. The molecule has 1 heterocycles. The number of carbonyl (C=O) groups is 2. The number of hydrogen-bond donors (Lipinski definition) is 3. The zero-order valence-electron chi connectivity index (χ0n) is 12.1. The second kappa shape index (κ2) is 7.64. The van der Waals surface area contributed by atoms with Crippen molar-refractivity contribution in [2.75, 3.05) is 31.6 Å². The Bertz CT molecular complexity index is 481. The van der Waals surface area contributed by atoms with Crippen LogP contribution in [0.4, 0.5) is 5.69 Å². The molecule has 1 aliphatic rings. The topological polar surface area (TPSA) is 79.5 Å². The minimum Gasteiger partial charge on any atom is -0.494 e. The van der Waals surface area contributed by atoms with Gasteiger partial charge in [-0.2, -0.15) is 0 Å². The highest BCUT2D eigenvalue weighted by Gasteiger charge is 2.22. The van der Waals surface area contributed by atoms with Gasteiger partial charge in [-0.1, -0.05) is 0 Å². The van der Waals surface area contributed by atoms with Crippen molar-refractivity contribution < 1.29 is 14.3 Å². The first kappa shape index (κ1) is 15.3. The van der Waals surface area contributed by atoms with Crippen LogP contribution < -0.4 is 20.7 Å². The van der Waals surface area contributed by atoms with Gasteiger partial charge in [0.2, 0.25) is 11.8 Å². The fourth-order valence-corrected chi connectivity index (χ4v) is 2.20. The Morgan fingerprint density at radius 3 is 2.71 bits per heavy atom. The third-order valence-electron chi connectivity index (χ3n) is 3.30. The Labute approximate surface area is 124 Å².